The lowest BCUT2D eigenvalue weighted by Crippen LogP contribution is -2.52. The van der Waals surface area contributed by atoms with Crippen LogP contribution in [0.2, 0.25) is 0 Å². The molecule has 0 aliphatic carbocycles. The van der Waals surface area contributed by atoms with E-state index in [2.05, 4.69) is 17.4 Å². The number of piperidine rings is 1. The second-order valence-electron chi connectivity index (χ2n) is 6.21. The molecule has 2 N–H and O–H groups in total. The Labute approximate surface area is 126 Å². The van der Waals surface area contributed by atoms with E-state index in [0.29, 0.717) is 5.92 Å². The highest BCUT2D eigenvalue weighted by Gasteiger charge is 2.30. The molecular formula is C17H24N2O2. The SMILES string of the molecule is O=C([C@H]1Cc2ccccc2CN1)N1CCCC(CCO)C1. The van der Waals surface area contributed by atoms with Crippen molar-refractivity contribution in [1.82, 2.24) is 10.2 Å². The zero-order valence-corrected chi connectivity index (χ0v) is 12.4. The predicted molar refractivity (Wildman–Crippen MR) is 81.8 cm³/mol. The maximum Gasteiger partial charge on any atom is 0.240 e. The number of likely N-dealkylation sites (tertiary alicyclic amines) is 1. The van der Waals surface area contributed by atoms with Gasteiger partial charge in [0.1, 0.15) is 0 Å². The Morgan fingerprint density at radius 2 is 2.14 bits per heavy atom. The van der Waals surface area contributed by atoms with Gasteiger partial charge in [0.05, 0.1) is 6.04 Å². The van der Waals surface area contributed by atoms with E-state index in [-0.39, 0.29) is 18.6 Å². The minimum Gasteiger partial charge on any atom is -0.396 e. The van der Waals surface area contributed by atoms with Gasteiger partial charge in [-0.3, -0.25) is 4.79 Å². The number of benzene rings is 1. The molecule has 0 bridgehead atoms. The Morgan fingerprint density at radius 1 is 1.33 bits per heavy atom. The van der Waals surface area contributed by atoms with Crippen molar-refractivity contribution in [1.29, 1.82) is 0 Å². The Hall–Kier alpha value is -1.39. The molecule has 0 aromatic heterocycles. The fourth-order valence-electron chi connectivity index (χ4n) is 3.53. The normalized spacial score (nSPS) is 25.5. The van der Waals surface area contributed by atoms with E-state index < -0.39 is 0 Å². The van der Waals surface area contributed by atoms with Crippen LogP contribution in [0.5, 0.6) is 0 Å². The number of hydrogen-bond acceptors (Lipinski definition) is 3. The summed E-state index contributed by atoms with van der Waals surface area (Å²) < 4.78 is 0. The number of hydrogen-bond donors (Lipinski definition) is 2. The Bertz CT molecular complexity index is 501. The summed E-state index contributed by atoms with van der Waals surface area (Å²) in [7, 11) is 0. The van der Waals surface area contributed by atoms with Crippen LogP contribution in [0.25, 0.3) is 0 Å². The lowest BCUT2D eigenvalue weighted by atomic mass is 9.92. The molecule has 2 heterocycles. The maximum atomic E-state index is 12.7. The fourth-order valence-corrected chi connectivity index (χ4v) is 3.53. The highest BCUT2D eigenvalue weighted by Crippen LogP contribution is 2.22. The van der Waals surface area contributed by atoms with Crippen LogP contribution in [0.15, 0.2) is 24.3 Å². The molecule has 1 aromatic rings. The molecule has 3 rings (SSSR count). The first-order valence-electron chi connectivity index (χ1n) is 7.97. The molecule has 1 unspecified atom stereocenters. The number of nitrogens with one attached hydrogen (secondary N) is 1. The first-order valence-corrected chi connectivity index (χ1v) is 7.97. The third-order valence-corrected chi connectivity index (χ3v) is 4.75. The van der Waals surface area contributed by atoms with Gasteiger partial charge in [-0.1, -0.05) is 24.3 Å². The number of nitrogens with zero attached hydrogens (tertiary/aromatic N) is 1. The number of rotatable bonds is 3. The molecule has 0 spiro atoms. The molecule has 2 aliphatic heterocycles. The first-order chi connectivity index (χ1) is 10.3. The van der Waals surface area contributed by atoms with E-state index >= 15 is 0 Å². The van der Waals surface area contributed by atoms with Gasteiger partial charge in [-0.05, 0) is 42.7 Å². The minimum atomic E-state index is -0.0900. The van der Waals surface area contributed by atoms with E-state index in [0.717, 1.165) is 45.3 Å². The molecule has 1 aromatic carbocycles. The molecule has 1 amide bonds. The van der Waals surface area contributed by atoms with Crippen LogP contribution >= 0.6 is 0 Å². The molecule has 0 saturated carbocycles. The minimum absolute atomic E-state index is 0.0900. The molecule has 0 radical (unpaired) electrons. The van der Waals surface area contributed by atoms with Crippen LogP contribution in [-0.2, 0) is 17.8 Å². The molecule has 2 aliphatic rings. The monoisotopic (exact) mass is 288 g/mol. The van der Waals surface area contributed by atoms with Gasteiger partial charge < -0.3 is 15.3 Å². The Kier molecular flexibility index (Phi) is 4.56. The summed E-state index contributed by atoms with van der Waals surface area (Å²) in [6.07, 6.45) is 3.78. The van der Waals surface area contributed by atoms with Crippen LogP contribution in [-0.4, -0.2) is 41.7 Å². The second kappa shape index (κ2) is 6.58. The number of amides is 1. The molecular weight excluding hydrogens is 264 g/mol. The van der Waals surface area contributed by atoms with Crippen LogP contribution in [0.4, 0.5) is 0 Å². The zero-order chi connectivity index (χ0) is 14.7. The molecule has 21 heavy (non-hydrogen) atoms. The van der Waals surface area contributed by atoms with Crippen molar-refractivity contribution < 1.29 is 9.90 Å². The summed E-state index contributed by atoms with van der Waals surface area (Å²) in [5, 5.41) is 12.5. The van der Waals surface area contributed by atoms with Gasteiger partial charge in [-0.2, -0.15) is 0 Å². The molecule has 4 nitrogen and oxygen atoms in total. The second-order valence-corrected chi connectivity index (χ2v) is 6.21. The summed E-state index contributed by atoms with van der Waals surface area (Å²) in [5.74, 6) is 0.690. The van der Waals surface area contributed by atoms with E-state index in [9.17, 15) is 4.79 Å². The van der Waals surface area contributed by atoms with Crippen LogP contribution < -0.4 is 5.32 Å². The summed E-state index contributed by atoms with van der Waals surface area (Å²) in [5.41, 5.74) is 2.59. The highest BCUT2D eigenvalue weighted by molar-refractivity contribution is 5.82. The molecule has 2 atom stereocenters. The molecule has 114 valence electrons. The van der Waals surface area contributed by atoms with Crippen LogP contribution in [0.3, 0.4) is 0 Å². The predicted octanol–water partition coefficient (Wildman–Crippen LogP) is 1.32. The zero-order valence-electron chi connectivity index (χ0n) is 12.4. The summed E-state index contributed by atoms with van der Waals surface area (Å²) in [6, 6.07) is 8.26. The van der Waals surface area contributed by atoms with Gasteiger partial charge in [0, 0.05) is 26.2 Å². The Morgan fingerprint density at radius 3 is 2.95 bits per heavy atom. The molecule has 4 heteroatoms. The number of carbonyl (C=O) groups is 1. The summed E-state index contributed by atoms with van der Waals surface area (Å²) in [4.78, 5) is 14.7. The fraction of sp³-hybridized carbons (Fsp3) is 0.588. The maximum absolute atomic E-state index is 12.7. The highest BCUT2D eigenvalue weighted by atomic mass is 16.3. The van der Waals surface area contributed by atoms with Crippen LogP contribution in [0, 0.1) is 5.92 Å². The lowest BCUT2D eigenvalue weighted by molar-refractivity contribution is -0.135. The topological polar surface area (TPSA) is 52.6 Å². The number of carbonyl (C=O) groups excluding carboxylic acids is 1. The largest absolute Gasteiger partial charge is 0.396 e. The lowest BCUT2D eigenvalue weighted by Gasteiger charge is -2.36. The van der Waals surface area contributed by atoms with Crippen molar-refractivity contribution >= 4 is 5.91 Å². The van der Waals surface area contributed by atoms with Crippen LogP contribution in [0.1, 0.15) is 30.4 Å². The van der Waals surface area contributed by atoms with Gasteiger partial charge in [-0.25, -0.2) is 0 Å². The Balaban J connectivity index is 1.63. The average molecular weight is 288 g/mol. The number of fused-ring (bicyclic) bond motifs is 1. The first kappa shape index (κ1) is 14.5. The van der Waals surface area contributed by atoms with E-state index in [1.165, 1.54) is 11.1 Å². The standard InChI is InChI=1S/C17H24N2O2/c20-9-7-13-4-3-8-19(12-13)17(21)16-10-14-5-1-2-6-15(14)11-18-16/h1-2,5-6,13,16,18,20H,3-4,7-12H2/t13?,16-/m1/s1. The van der Waals surface area contributed by atoms with E-state index in [4.69, 9.17) is 5.11 Å². The molecule has 1 fully saturated rings. The van der Waals surface area contributed by atoms with E-state index in [1.54, 1.807) is 0 Å². The van der Waals surface area contributed by atoms with Crippen molar-refractivity contribution in [2.45, 2.75) is 38.3 Å². The van der Waals surface area contributed by atoms with Crippen molar-refractivity contribution in [2.75, 3.05) is 19.7 Å². The van der Waals surface area contributed by atoms with Gasteiger partial charge >= 0.3 is 0 Å². The van der Waals surface area contributed by atoms with Gasteiger partial charge in [-0.15, -0.1) is 0 Å². The van der Waals surface area contributed by atoms with Crippen molar-refractivity contribution in [3.8, 4) is 0 Å². The quantitative estimate of drug-likeness (QED) is 0.882. The van der Waals surface area contributed by atoms with Crippen molar-refractivity contribution in [2.24, 2.45) is 5.92 Å². The average Bonchev–Trinajstić information content (AvgIpc) is 2.54. The van der Waals surface area contributed by atoms with Crippen molar-refractivity contribution in [3.05, 3.63) is 35.4 Å². The van der Waals surface area contributed by atoms with E-state index in [1.807, 2.05) is 17.0 Å². The molecule has 1 saturated heterocycles. The smallest absolute Gasteiger partial charge is 0.240 e. The number of aliphatic hydroxyl groups excluding tert-OH is 1. The van der Waals surface area contributed by atoms with Gasteiger partial charge in [0.25, 0.3) is 0 Å². The van der Waals surface area contributed by atoms with Gasteiger partial charge in [0.15, 0.2) is 0 Å². The third kappa shape index (κ3) is 3.27. The van der Waals surface area contributed by atoms with Gasteiger partial charge in [0.2, 0.25) is 5.91 Å². The third-order valence-electron chi connectivity index (χ3n) is 4.75. The summed E-state index contributed by atoms with van der Waals surface area (Å²) in [6.45, 7) is 2.67. The van der Waals surface area contributed by atoms with Crippen molar-refractivity contribution in [3.63, 3.8) is 0 Å². The summed E-state index contributed by atoms with van der Waals surface area (Å²) >= 11 is 0. The number of aliphatic hydroxyl groups is 1.